The van der Waals surface area contributed by atoms with Crippen LogP contribution in [0.1, 0.15) is 32.9 Å². The van der Waals surface area contributed by atoms with Crippen molar-refractivity contribution in [2.45, 2.75) is 39.7 Å². The molecule has 2 N–H and O–H groups in total. The van der Waals surface area contributed by atoms with Crippen molar-refractivity contribution < 1.29 is 4.79 Å². The van der Waals surface area contributed by atoms with Crippen molar-refractivity contribution in [1.82, 2.24) is 10.3 Å². The number of nitrogens with zero attached hydrogens (tertiary/aromatic N) is 1. The van der Waals surface area contributed by atoms with Gasteiger partial charge in [-0.1, -0.05) is 6.92 Å². The summed E-state index contributed by atoms with van der Waals surface area (Å²) in [6.45, 7) is 6.63. The number of aryl methyl sites for hydroxylation is 1. The lowest BCUT2D eigenvalue weighted by atomic mass is 10.3. The number of anilines is 1. The van der Waals surface area contributed by atoms with Gasteiger partial charge in [0.1, 0.15) is 0 Å². The molecule has 1 rings (SSSR count). The average molecular weight is 241 g/mol. The quantitative estimate of drug-likeness (QED) is 0.801. The molecule has 1 aromatic rings. The van der Waals surface area contributed by atoms with Crippen LogP contribution in [0.25, 0.3) is 0 Å². The van der Waals surface area contributed by atoms with E-state index in [-0.39, 0.29) is 11.9 Å². The first-order valence-electron chi connectivity index (χ1n) is 5.59. The predicted octanol–water partition coefficient (Wildman–Crippen LogP) is 2.03. The fourth-order valence-corrected chi connectivity index (χ4v) is 2.05. The van der Waals surface area contributed by atoms with E-state index >= 15 is 0 Å². The van der Waals surface area contributed by atoms with Gasteiger partial charge in [-0.2, -0.15) is 0 Å². The van der Waals surface area contributed by atoms with E-state index in [1.165, 1.54) is 0 Å². The summed E-state index contributed by atoms with van der Waals surface area (Å²) in [6.07, 6.45) is 1.44. The Morgan fingerprint density at radius 2 is 2.31 bits per heavy atom. The second-order valence-corrected chi connectivity index (χ2v) is 4.75. The molecule has 4 nitrogen and oxygen atoms in total. The van der Waals surface area contributed by atoms with Gasteiger partial charge in [0.25, 0.3) is 0 Å². The molecule has 5 heteroatoms. The first-order chi connectivity index (χ1) is 7.61. The maximum atomic E-state index is 11.3. The number of carbonyl (C=O) groups is 1. The average Bonchev–Trinajstić information content (AvgIpc) is 2.64. The summed E-state index contributed by atoms with van der Waals surface area (Å²) in [4.78, 5) is 15.7. The number of aromatic nitrogens is 1. The lowest BCUT2D eigenvalue weighted by molar-refractivity contribution is -0.121. The van der Waals surface area contributed by atoms with Crippen molar-refractivity contribution in [2.24, 2.45) is 0 Å². The number of hydrogen-bond donors (Lipinski definition) is 2. The highest BCUT2D eigenvalue weighted by Gasteiger charge is 2.04. The van der Waals surface area contributed by atoms with Crippen LogP contribution < -0.4 is 10.6 Å². The third-order valence-electron chi connectivity index (χ3n) is 1.99. The number of rotatable bonds is 6. The van der Waals surface area contributed by atoms with E-state index in [4.69, 9.17) is 0 Å². The highest BCUT2D eigenvalue weighted by Crippen LogP contribution is 2.15. The van der Waals surface area contributed by atoms with E-state index in [2.05, 4.69) is 22.5 Å². The third kappa shape index (κ3) is 4.61. The van der Waals surface area contributed by atoms with Gasteiger partial charge in [-0.05, 0) is 20.3 Å². The van der Waals surface area contributed by atoms with E-state index in [0.29, 0.717) is 13.0 Å². The van der Waals surface area contributed by atoms with Gasteiger partial charge in [-0.15, -0.1) is 11.3 Å². The molecule has 0 unspecified atom stereocenters. The van der Waals surface area contributed by atoms with Crippen LogP contribution in [-0.2, 0) is 11.2 Å². The Labute approximate surface area is 100 Å². The molecular formula is C11H19N3OS. The summed E-state index contributed by atoms with van der Waals surface area (Å²) >= 11 is 1.59. The van der Waals surface area contributed by atoms with Gasteiger partial charge in [0.2, 0.25) is 5.91 Å². The van der Waals surface area contributed by atoms with Crippen LogP contribution >= 0.6 is 11.3 Å². The zero-order valence-electron chi connectivity index (χ0n) is 10.0. The standard InChI is InChI=1S/C11H19N3OS/c1-4-9-7-16-11(14-9)12-6-5-10(15)13-8(2)3/h7-8H,4-6H2,1-3H3,(H,12,14)(H,13,15). The molecule has 0 aliphatic carbocycles. The molecule has 0 fully saturated rings. The second-order valence-electron chi connectivity index (χ2n) is 3.90. The lowest BCUT2D eigenvalue weighted by Gasteiger charge is -2.08. The Morgan fingerprint density at radius 3 is 2.88 bits per heavy atom. The molecule has 0 radical (unpaired) electrons. The molecular weight excluding hydrogens is 222 g/mol. The molecule has 0 saturated heterocycles. The van der Waals surface area contributed by atoms with Gasteiger partial charge in [-0.25, -0.2) is 4.98 Å². The zero-order chi connectivity index (χ0) is 12.0. The van der Waals surface area contributed by atoms with Crippen LogP contribution in [0, 0.1) is 0 Å². The molecule has 0 aromatic carbocycles. The molecule has 0 bridgehead atoms. The van der Waals surface area contributed by atoms with Crippen molar-refractivity contribution in [2.75, 3.05) is 11.9 Å². The monoisotopic (exact) mass is 241 g/mol. The molecule has 1 aromatic heterocycles. The van der Waals surface area contributed by atoms with Crippen molar-refractivity contribution in [3.8, 4) is 0 Å². The van der Waals surface area contributed by atoms with Gasteiger partial charge in [0, 0.05) is 24.4 Å². The Bertz CT molecular complexity index is 336. The minimum Gasteiger partial charge on any atom is -0.361 e. The summed E-state index contributed by atoms with van der Waals surface area (Å²) in [5.74, 6) is 0.0785. The van der Waals surface area contributed by atoms with Crippen molar-refractivity contribution in [3.05, 3.63) is 11.1 Å². The Morgan fingerprint density at radius 1 is 1.56 bits per heavy atom. The highest BCUT2D eigenvalue weighted by atomic mass is 32.1. The topological polar surface area (TPSA) is 54.0 Å². The smallest absolute Gasteiger partial charge is 0.221 e. The fraction of sp³-hybridized carbons (Fsp3) is 0.636. The minimum atomic E-state index is 0.0785. The minimum absolute atomic E-state index is 0.0785. The Balaban J connectivity index is 2.22. The maximum Gasteiger partial charge on any atom is 0.221 e. The molecule has 16 heavy (non-hydrogen) atoms. The number of hydrogen-bond acceptors (Lipinski definition) is 4. The van der Waals surface area contributed by atoms with Crippen LogP contribution in [0.4, 0.5) is 5.13 Å². The molecule has 0 saturated carbocycles. The zero-order valence-corrected chi connectivity index (χ0v) is 10.9. The third-order valence-corrected chi connectivity index (χ3v) is 2.84. The van der Waals surface area contributed by atoms with Gasteiger partial charge >= 0.3 is 0 Å². The summed E-state index contributed by atoms with van der Waals surface area (Å²) in [5.41, 5.74) is 1.10. The predicted molar refractivity (Wildman–Crippen MR) is 67.9 cm³/mol. The first-order valence-corrected chi connectivity index (χ1v) is 6.47. The fourth-order valence-electron chi connectivity index (χ4n) is 1.23. The summed E-state index contributed by atoms with van der Waals surface area (Å²) in [7, 11) is 0. The normalized spacial score (nSPS) is 10.5. The van der Waals surface area contributed by atoms with E-state index in [9.17, 15) is 4.79 Å². The molecule has 0 spiro atoms. The maximum absolute atomic E-state index is 11.3. The van der Waals surface area contributed by atoms with E-state index in [0.717, 1.165) is 17.2 Å². The van der Waals surface area contributed by atoms with Crippen LogP contribution in [0.2, 0.25) is 0 Å². The van der Waals surface area contributed by atoms with E-state index in [1.54, 1.807) is 11.3 Å². The van der Waals surface area contributed by atoms with Crippen molar-refractivity contribution in [3.63, 3.8) is 0 Å². The number of amides is 1. The van der Waals surface area contributed by atoms with Gasteiger partial charge in [0.15, 0.2) is 5.13 Å². The second kappa shape index (κ2) is 6.48. The molecule has 0 aliphatic heterocycles. The van der Waals surface area contributed by atoms with Gasteiger partial charge < -0.3 is 10.6 Å². The first kappa shape index (κ1) is 13.0. The number of carbonyl (C=O) groups excluding carboxylic acids is 1. The molecule has 0 atom stereocenters. The molecule has 90 valence electrons. The van der Waals surface area contributed by atoms with E-state index in [1.807, 2.05) is 19.2 Å². The largest absolute Gasteiger partial charge is 0.361 e. The molecule has 0 aliphatic rings. The van der Waals surface area contributed by atoms with Gasteiger partial charge in [-0.3, -0.25) is 4.79 Å². The summed E-state index contributed by atoms with van der Waals surface area (Å²) in [5, 5.41) is 8.94. The molecule has 1 amide bonds. The SMILES string of the molecule is CCc1csc(NCCC(=O)NC(C)C)n1. The number of nitrogens with one attached hydrogen (secondary N) is 2. The lowest BCUT2D eigenvalue weighted by Crippen LogP contribution is -2.31. The van der Waals surface area contributed by atoms with Crippen LogP contribution in [0.15, 0.2) is 5.38 Å². The number of thiazole rings is 1. The summed E-state index contributed by atoms with van der Waals surface area (Å²) < 4.78 is 0. The summed E-state index contributed by atoms with van der Waals surface area (Å²) in [6, 6.07) is 0.207. The van der Waals surface area contributed by atoms with Gasteiger partial charge in [0.05, 0.1) is 5.69 Å². The van der Waals surface area contributed by atoms with Crippen LogP contribution in [0.5, 0.6) is 0 Å². The Kier molecular flexibility index (Phi) is 5.25. The van der Waals surface area contributed by atoms with Crippen molar-refractivity contribution in [1.29, 1.82) is 0 Å². The van der Waals surface area contributed by atoms with Crippen LogP contribution in [-0.4, -0.2) is 23.5 Å². The van der Waals surface area contributed by atoms with Crippen LogP contribution in [0.3, 0.4) is 0 Å². The van der Waals surface area contributed by atoms with E-state index < -0.39 is 0 Å². The molecule has 1 heterocycles. The van der Waals surface area contributed by atoms with Crippen molar-refractivity contribution >= 4 is 22.4 Å². The Hall–Kier alpha value is -1.10. The highest BCUT2D eigenvalue weighted by molar-refractivity contribution is 7.13.